The van der Waals surface area contributed by atoms with E-state index >= 15 is 0 Å². The van der Waals surface area contributed by atoms with Gasteiger partial charge in [0.15, 0.2) is 6.19 Å². The Morgan fingerprint density at radius 1 is 1.17 bits per heavy atom. The van der Waals surface area contributed by atoms with Crippen molar-refractivity contribution in [3.05, 3.63) is 0 Å². The van der Waals surface area contributed by atoms with E-state index in [4.69, 9.17) is 25.0 Å². The first-order valence-electron chi connectivity index (χ1n) is 7.45. The Morgan fingerprint density at radius 3 is 2.12 bits per heavy atom. The van der Waals surface area contributed by atoms with Crippen molar-refractivity contribution in [1.29, 1.82) is 5.26 Å². The second-order valence-electron chi connectivity index (χ2n) is 5.69. The molecule has 0 radical (unpaired) electrons. The maximum atomic E-state index is 11.0. The number of ether oxygens (including phenoxy) is 1. The minimum Gasteiger partial charge on any atom is -0.480 e. The van der Waals surface area contributed by atoms with Crippen LogP contribution in [0.15, 0.2) is 0 Å². The van der Waals surface area contributed by atoms with Crippen LogP contribution in [-0.2, 0) is 14.3 Å². The zero-order valence-electron chi connectivity index (χ0n) is 12.8. The van der Waals surface area contributed by atoms with Crippen molar-refractivity contribution >= 4 is 11.9 Å². The molecule has 0 aromatic rings. The standard InChI is InChI=1S/C12H18N2O3.C2HF3O2/c13-8-14-10(1-2-11(14)12(15)16)7-9-3-5-17-6-4-9;3-2(4,5)1(6)7/h9-11H,1-7H2,(H,15,16);(H,6,7). The van der Waals surface area contributed by atoms with Gasteiger partial charge in [0.05, 0.1) is 0 Å². The van der Waals surface area contributed by atoms with E-state index in [1.165, 1.54) is 4.90 Å². The van der Waals surface area contributed by atoms with Crippen LogP contribution in [0.25, 0.3) is 0 Å². The Labute approximate surface area is 136 Å². The number of alkyl halides is 3. The summed E-state index contributed by atoms with van der Waals surface area (Å²) in [6.07, 6.45) is 1.39. The molecule has 136 valence electrons. The Morgan fingerprint density at radius 2 is 1.71 bits per heavy atom. The number of aliphatic carboxylic acids is 2. The fourth-order valence-electron chi connectivity index (χ4n) is 2.87. The quantitative estimate of drug-likeness (QED) is 0.746. The van der Waals surface area contributed by atoms with E-state index in [0.717, 1.165) is 38.9 Å². The van der Waals surface area contributed by atoms with Crippen LogP contribution >= 0.6 is 0 Å². The third-order valence-electron chi connectivity index (χ3n) is 4.09. The van der Waals surface area contributed by atoms with Gasteiger partial charge in [-0.3, -0.25) is 4.90 Å². The number of carboxylic acid groups (broad SMARTS) is 2. The largest absolute Gasteiger partial charge is 0.490 e. The van der Waals surface area contributed by atoms with Crippen LogP contribution in [0.5, 0.6) is 0 Å². The molecule has 2 fully saturated rings. The molecule has 2 aliphatic rings. The van der Waals surface area contributed by atoms with E-state index in [1.54, 1.807) is 0 Å². The first-order chi connectivity index (χ1) is 11.2. The van der Waals surface area contributed by atoms with Crippen molar-refractivity contribution in [1.82, 2.24) is 4.90 Å². The number of likely N-dealkylation sites (tertiary alicyclic amines) is 1. The van der Waals surface area contributed by atoms with Crippen LogP contribution in [0, 0.1) is 17.4 Å². The maximum absolute atomic E-state index is 11.0. The smallest absolute Gasteiger partial charge is 0.480 e. The minimum atomic E-state index is -5.08. The average molecular weight is 352 g/mol. The molecule has 2 N–H and O–H groups in total. The van der Waals surface area contributed by atoms with E-state index in [-0.39, 0.29) is 6.04 Å². The minimum absolute atomic E-state index is 0.115. The lowest BCUT2D eigenvalue weighted by molar-refractivity contribution is -0.192. The summed E-state index contributed by atoms with van der Waals surface area (Å²) >= 11 is 0. The van der Waals surface area contributed by atoms with Gasteiger partial charge in [0.25, 0.3) is 0 Å². The fourth-order valence-corrected chi connectivity index (χ4v) is 2.87. The number of nitrogens with zero attached hydrogens (tertiary/aromatic N) is 2. The topological polar surface area (TPSA) is 111 Å². The Kier molecular flexibility index (Phi) is 7.28. The lowest BCUT2D eigenvalue weighted by Crippen LogP contribution is -2.38. The molecule has 2 saturated heterocycles. The van der Waals surface area contributed by atoms with Crippen molar-refractivity contribution in [2.45, 2.75) is 50.4 Å². The number of carboxylic acids is 2. The molecule has 10 heteroatoms. The molecule has 2 atom stereocenters. The molecule has 2 aliphatic heterocycles. The summed E-state index contributed by atoms with van der Waals surface area (Å²) in [5, 5.41) is 25.2. The van der Waals surface area contributed by atoms with Crippen molar-refractivity contribution in [2.75, 3.05) is 13.2 Å². The average Bonchev–Trinajstić information content (AvgIpc) is 2.91. The second kappa shape index (κ2) is 8.73. The zero-order chi connectivity index (χ0) is 18.3. The van der Waals surface area contributed by atoms with E-state index in [0.29, 0.717) is 12.3 Å². The summed E-state index contributed by atoms with van der Waals surface area (Å²) < 4.78 is 37.0. The molecule has 0 aromatic carbocycles. The third kappa shape index (κ3) is 5.88. The van der Waals surface area contributed by atoms with Gasteiger partial charge in [-0.1, -0.05) is 0 Å². The summed E-state index contributed by atoms with van der Waals surface area (Å²) in [7, 11) is 0. The van der Waals surface area contributed by atoms with Gasteiger partial charge in [-0.15, -0.1) is 0 Å². The molecule has 2 unspecified atom stereocenters. The van der Waals surface area contributed by atoms with E-state index in [2.05, 4.69) is 6.19 Å². The highest BCUT2D eigenvalue weighted by Gasteiger charge is 2.39. The lowest BCUT2D eigenvalue weighted by atomic mass is 9.92. The van der Waals surface area contributed by atoms with Crippen molar-refractivity contribution in [3.8, 4) is 6.19 Å². The SMILES string of the molecule is N#CN1C(CC2CCOCC2)CCC1C(=O)O.O=C(O)C(F)(F)F. The molecule has 7 nitrogen and oxygen atoms in total. The normalized spacial score (nSPS) is 24.7. The van der Waals surface area contributed by atoms with Crippen LogP contribution in [0.1, 0.15) is 32.1 Å². The Bertz CT molecular complexity index is 486. The first kappa shape index (κ1) is 20.0. The third-order valence-corrected chi connectivity index (χ3v) is 4.09. The highest BCUT2D eigenvalue weighted by molar-refractivity contribution is 5.74. The monoisotopic (exact) mass is 352 g/mol. The molecule has 2 rings (SSSR count). The highest BCUT2D eigenvalue weighted by atomic mass is 19.4. The predicted octanol–water partition coefficient (Wildman–Crippen LogP) is 1.84. The van der Waals surface area contributed by atoms with Crippen molar-refractivity contribution in [3.63, 3.8) is 0 Å². The Balaban J connectivity index is 0.000000351. The van der Waals surface area contributed by atoms with Crippen LogP contribution < -0.4 is 0 Å². The zero-order valence-corrected chi connectivity index (χ0v) is 12.8. The van der Waals surface area contributed by atoms with Crippen LogP contribution in [0.4, 0.5) is 13.2 Å². The van der Waals surface area contributed by atoms with Crippen molar-refractivity contribution < 1.29 is 37.7 Å². The van der Waals surface area contributed by atoms with Gasteiger partial charge < -0.3 is 14.9 Å². The lowest BCUT2D eigenvalue weighted by Gasteiger charge is -2.28. The molecular formula is C14H19F3N2O5. The molecule has 2 heterocycles. The summed E-state index contributed by atoms with van der Waals surface area (Å²) in [4.78, 5) is 21.4. The molecule has 0 amide bonds. The molecule has 0 aromatic heterocycles. The Hall–Kier alpha value is -2.02. The predicted molar refractivity (Wildman–Crippen MR) is 73.7 cm³/mol. The number of hydrogen-bond acceptors (Lipinski definition) is 5. The maximum Gasteiger partial charge on any atom is 0.490 e. The van der Waals surface area contributed by atoms with Gasteiger partial charge >= 0.3 is 18.1 Å². The molecule has 0 spiro atoms. The molecule has 0 bridgehead atoms. The molecular weight excluding hydrogens is 333 g/mol. The van der Waals surface area contributed by atoms with Gasteiger partial charge in [0, 0.05) is 19.3 Å². The number of halogens is 3. The first-order valence-corrected chi connectivity index (χ1v) is 7.45. The number of hydrogen-bond donors (Lipinski definition) is 2. The van der Waals surface area contributed by atoms with Gasteiger partial charge in [0.1, 0.15) is 6.04 Å². The van der Waals surface area contributed by atoms with E-state index < -0.39 is 24.2 Å². The van der Waals surface area contributed by atoms with Gasteiger partial charge in [-0.2, -0.15) is 18.4 Å². The fraction of sp³-hybridized carbons (Fsp3) is 0.786. The second-order valence-corrected chi connectivity index (χ2v) is 5.69. The number of nitriles is 1. The van der Waals surface area contributed by atoms with Gasteiger partial charge in [0.2, 0.25) is 0 Å². The summed E-state index contributed by atoms with van der Waals surface area (Å²) in [6, 6.07) is -0.492. The number of rotatable bonds is 3. The molecule has 24 heavy (non-hydrogen) atoms. The molecule has 0 saturated carbocycles. The van der Waals surface area contributed by atoms with E-state index in [1.807, 2.05) is 0 Å². The summed E-state index contributed by atoms with van der Waals surface area (Å²) in [6.45, 7) is 1.60. The summed E-state index contributed by atoms with van der Waals surface area (Å²) in [5.41, 5.74) is 0. The number of carbonyl (C=O) groups is 2. The molecule has 0 aliphatic carbocycles. The van der Waals surface area contributed by atoms with Crippen molar-refractivity contribution in [2.24, 2.45) is 5.92 Å². The van der Waals surface area contributed by atoms with Crippen LogP contribution in [0.3, 0.4) is 0 Å². The van der Waals surface area contributed by atoms with Crippen LogP contribution in [0.2, 0.25) is 0 Å². The van der Waals surface area contributed by atoms with E-state index in [9.17, 15) is 18.0 Å². The highest BCUT2D eigenvalue weighted by Crippen LogP contribution is 2.31. The van der Waals surface area contributed by atoms with Gasteiger partial charge in [-0.25, -0.2) is 9.59 Å². The van der Waals surface area contributed by atoms with Crippen LogP contribution in [-0.4, -0.2) is 58.5 Å². The van der Waals surface area contributed by atoms with Gasteiger partial charge in [-0.05, 0) is 38.0 Å². The summed E-state index contributed by atoms with van der Waals surface area (Å²) in [5.74, 6) is -3.05.